The highest BCUT2D eigenvalue weighted by Crippen LogP contribution is 2.34. The van der Waals surface area contributed by atoms with E-state index < -0.39 is 12.1 Å². The SMILES string of the molecule is COC[C@H](NC(=O)OC)C(=O)N1CCC[C@H]1c1nc2ccc(-c3ccc4cc(-c5cnc([C@@H]6CCCN6)[nH]5)ccc4c3)cc2[nH]1. The van der Waals surface area contributed by atoms with Crippen molar-refractivity contribution in [2.24, 2.45) is 0 Å². The number of carbonyl (C=O) groups is 2. The van der Waals surface area contributed by atoms with Gasteiger partial charge < -0.3 is 35.0 Å². The zero-order chi connectivity index (χ0) is 30.9. The van der Waals surface area contributed by atoms with Crippen molar-refractivity contribution in [1.29, 1.82) is 0 Å². The highest BCUT2D eigenvalue weighted by atomic mass is 16.5. The Labute approximate surface area is 260 Å². The summed E-state index contributed by atoms with van der Waals surface area (Å²) in [6, 6.07) is 18.5. The number of nitrogens with zero attached hydrogens (tertiary/aromatic N) is 3. The highest BCUT2D eigenvalue weighted by molar-refractivity contribution is 5.92. The molecule has 3 atom stereocenters. The molecule has 2 aromatic heterocycles. The van der Waals surface area contributed by atoms with E-state index in [1.54, 1.807) is 4.90 Å². The Bertz CT molecular complexity index is 1860. The van der Waals surface area contributed by atoms with Crippen molar-refractivity contribution in [3.05, 3.63) is 72.4 Å². The number of aromatic nitrogens is 4. The molecule has 2 aliphatic heterocycles. The number of aromatic amines is 2. The lowest BCUT2D eigenvalue weighted by atomic mass is 9.99. The first-order valence-electron chi connectivity index (χ1n) is 15.5. The molecule has 0 unspecified atom stereocenters. The average Bonchev–Trinajstić information content (AvgIpc) is 3.89. The van der Waals surface area contributed by atoms with Gasteiger partial charge in [0.2, 0.25) is 5.91 Å². The molecule has 3 aromatic carbocycles. The van der Waals surface area contributed by atoms with Crippen molar-refractivity contribution in [3.63, 3.8) is 0 Å². The minimum Gasteiger partial charge on any atom is -0.453 e. The number of ether oxygens (including phenoxy) is 2. The number of imidazole rings is 2. The van der Waals surface area contributed by atoms with E-state index in [4.69, 9.17) is 14.5 Å². The average molecular weight is 608 g/mol. The van der Waals surface area contributed by atoms with E-state index in [1.165, 1.54) is 20.6 Å². The number of H-pyrrole nitrogens is 2. The van der Waals surface area contributed by atoms with Crippen LogP contribution in [-0.2, 0) is 14.3 Å². The molecule has 2 aliphatic rings. The summed E-state index contributed by atoms with van der Waals surface area (Å²) in [5.74, 6) is 1.52. The van der Waals surface area contributed by atoms with Gasteiger partial charge in [-0.05, 0) is 78.4 Å². The number of rotatable bonds is 8. The first kappa shape index (κ1) is 29.0. The molecule has 11 nitrogen and oxygen atoms in total. The van der Waals surface area contributed by atoms with E-state index in [-0.39, 0.29) is 18.6 Å². The van der Waals surface area contributed by atoms with Gasteiger partial charge in [0.1, 0.15) is 17.7 Å². The smallest absolute Gasteiger partial charge is 0.407 e. The number of methoxy groups -OCH3 is 2. The number of likely N-dealkylation sites (tertiary alicyclic amines) is 1. The van der Waals surface area contributed by atoms with Crippen molar-refractivity contribution >= 4 is 33.8 Å². The fraction of sp³-hybridized carbons (Fsp3) is 0.353. The lowest BCUT2D eigenvalue weighted by molar-refractivity contribution is -0.135. The summed E-state index contributed by atoms with van der Waals surface area (Å²) in [6.45, 7) is 1.67. The number of benzene rings is 3. The van der Waals surface area contributed by atoms with Crippen LogP contribution in [0.25, 0.3) is 44.2 Å². The molecule has 2 saturated heterocycles. The van der Waals surface area contributed by atoms with Gasteiger partial charge in [0.05, 0.1) is 48.7 Å². The summed E-state index contributed by atoms with van der Waals surface area (Å²) in [4.78, 5) is 43.5. The van der Waals surface area contributed by atoms with Crippen LogP contribution in [0.5, 0.6) is 0 Å². The zero-order valence-electron chi connectivity index (χ0n) is 25.4. The van der Waals surface area contributed by atoms with E-state index >= 15 is 0 Å². The molecule has 0 spiro atoms. The number of nitrogens with one attached hydrogen (secondary N) is 4. The van der Waals surface area contributed by atoms with Crippen LogP contribution in [0, 0.1) is 0 Å². The number of alkyl carbamates (subject to hydrolysis) is 1. The monoisotopic (exact) mass is 607 g/mol. The molecule has 4 heterocycles. The van der Waals surface area contributed by atoms with Crippen molar-refractivity contribution < 1.29 is 19.1 Å². The summed E-state index contributed by atoms with van der Waals surface area (Å²) < 4.78 is 9.90. The van der Waals surface area contributed by atoms with Crippen molar-refractivity contribution in [2.75, 3.05) is 33.9 Å². The standard InChI is InChI=1S/C34H37N7O4/c1-44-19-29(40-34(43)45-2)33(42)41-14-4-6-30(41)32-37-25-12-11-23(17-27(25)38-32)21-7-8-22-16-24(10-9-20(22)15-21)28-18-36-31(39-28)26-5-3-13-35-26/h7-12,15-18,26,29-30,35H,3-6,13-14,19H2,1-2H3,(H,36,39)(H,37,38)(H,40,43)/t26-,29-,30-/m0/s1. The van der Waals surface area contributed by atoms with Gasteiger partial charge in [-0.1, -0.05) is 30.3 Å². The summed E-state index contributed by atoms with van der Waals surface area (Å²) >= 11 is 0. The lowest BCUT2D eigenvalue weighted by Crippen LogP contribution is -2.50. The summed E-state index contributed by atoms with van der Waals surface area (Å²) in [5, 5.41) is 8.41. The molecular formula is C34H37N7O4. The van der Waals surface area contributed by atoms with Gasteiger partial charge in [0, 0.05) is 19.2 Å². The van der Waals surface area contributed by atoms with Crippen LogP contribution in [0.4, 0.5) is 4.79 Å². The Morgan fingerprint density at radius 3 is 2.51 bits per heavy atom. The van der Waals surface area contributed by atoms with Crippen LogP contribution in [0.1, 0.15) is 49.4 Å². The molecule has 45 heavy (non-hydrogen) atoms. The van der Waals surface area contributed by atoms with Crippen LogP contribution in [0.2, 0.25) is 0 Å². The molecule has 0 radical (unpaired) electrons. The third-order valence-electron chi connectivity index (χ3n) is 8.93. The van der Waals surface area contributed by atoms with Crippen molar-refractivity contribution in [2.45, 2.75) is 43.8 Å². The number of fused-ring (bicyclic) bond motifs is 2. The highest BCUT2D eigenvalue weighted by Gasteiger charge is 2.36. The van der Waals surface area contributed by atoms with Gasteiger partial charge in [-0.2, -0.15) is 0 Å². The Kier molecular flexibility index (Phi) is 7.95. The second-order valence-corrected chi connectivity index (χ2v) is 11.8. The molecule has 4 N–H and O–H groups in total. The molecule has 2 amide bonds. The molecule has 0 saturated carbocycles. The van der Waals surface area contributed by atoms with Crippen LogP contribution >= 0.6 is 0 Å². The minimum absolute atomic E-state index is 0.0515. The normalized spacial score (nSPS) is 18.9. The number of hydrogen-bond donors (Lipinski definition) is 4. The second-order valence-electron chi connectivity index (χ2n) is 11.8. The summed E-state index contributed by atoms with van der Waals surface area (Å²) in [5.41, 5.74) is 6.08. The molecule has 2 fully saturated rings. The maximum absolute atomic E-state index is 13.4. The van der Waals surface area contributed by atoms with Gasteiger partial charge in [0.25, 0.3) is 0 Å². The van der Waals surface area contributed by atoms with Gasteiger partial charge in [-0.15, -0.1) is 0 Å². The van der Waals surface area contributed by atoms with Gasteiger partial charge >= 0.3 is 6.09 Å². The first-order chi connectivity index (χ1) is 22.0. The zero-order valence-corrected chi connectivity index (χ0v) is 25.4. The minimum atomic E-state index is -0.839. The van der Waals surface area contributed by atoms with Crippen LogP contribution in [0.15, 0.2) is 60.8 Å². The maximum atomic E-state index is 13.4. The largest absolute Gasteiger partial charge is 0.453 e. The molecule has 0 bridgehead atoms. The molecule has 11 heteroatoms. The summed E-state index contributed by atoms with van der Waals surface area (Å²) in [7, 11) is 2.76. The summed E-state index contributed by atoms with van der Waals surface area (Å²) in [6.07, 6.45) is 5.17. The quantitative estimate of drug-likeness (QED) is 0.190. The van der Waals surface area contributed by atoms with Gasteiger partial charge in [-0.25, -0.2) is 14.8 Å². The fourth-order valence-electron chi connectivity index (χ4n) is 6.60. The first-order valence-corrected chi connectivity index (χ1v) is 15.5. The Balaban J connectivity index is 1.11. The maximum Gasteiger partial charge on any atom is 0.407 e. The Morgan fingerprint density at radius 2 is 1.73 bits per heavy atom. The van der Waals surface area contributed by atoms with E-state index in [2.05, 4.69) is 74.1 Å². The number of hydrogen-bond acceptors (Lipinski definition) is 7. The predicted molar refractivity (Wildman–Crippen MR) is 171 cm³/mol. The van der Waals surface area contributed by atoms with Crippen LogP contribution in [-0.4, -0.2) is 76.8 Å². The predicted octanol–water partition coefficient (Wildman–Crippen LogP) is 5.23. The second kappa shape index (κ2) is 12.3. The molecule has 232 valence electrons. The molecule has 7 rings (SSSR count). The van der Waals surface area contributed by atoms with Crippen molar-refractivity contribution in [1.82, 2.24) is 35.5 Å². The fourth-order valence-corrected chi connectivity index (χ4v) is 6.60. The molecule has 5 aromatic rings. The topological polar surface area (TPSA) is 137 Å². The Morgan fingerprint density at radius 1 is 0.956 bits per heavy atom. The third-order valence-corrected chi connectivity index (χ3v) is 8.93. The third kappa shape index (κ3) is 5.76. The van der Waals surface area contributed by atoms with E-state index in [0.29, 0.717) is 12.6 Å². The van der Waals surface area contributed by atoms with Crippen LogP contribution in [0.3, 0.4) is 0 Å². The lowest BCUT2D eigenvalue weighted by Gasteiger charge is -2.27. The van der Waals surface area contributed by atoms with Crippen LogP contribution < -0.4 is 10.6 Å². The molecule has 0 aliphatic carbocycles. The van der Waals surface area contributed by atoms with Crippen molar-refractivity contribution in [3.8, 4) is 22.4 Å². The van der Waals surface area contributed by atoms with E-state index in [9.17, 15) is 9.59 Å². The van der Waals surface area contributed by atoms with E-state index in [0.717, 1.165) is 81.6 Å². The van der Waals surface area contributed by atoms with Gasteiger partial charge in [0.15, 0.2) is 0 Å². The number of amides is 2. The van der Waals surface area contributed by atoms with Gasteiger partial charge in [-0.3, -0.25) is 4.79 Å². The van der Waals surface area contributed by atoms with E-state index in [1.807, 2.05) is 12.3 Å². The molecular weight excluding hydrogens is 570 g/mol. The Hall–Kier alpha value is -4.74. The number of carbonyl (C=O) groups excluding carboxylic acids is 2.